The Balaban J connectivity index is 1.17. The third-order valence-electron chi connectivity index (χ3n) is 15.2. The topological polar surface area (TPSA) is 46.5 Å². The average Bonchev–Trinajstić information content (AvgIpc) is 1.66. The van der Waals surface area contributed by atoms with Gasteiger partial charge in [0.15, 0.2) is 0 Å². The van der Waals surface area contributed by atoms with Gasteiger partial charge in [0.05, 0.1) is 79.7 Å². The van der Waals surface area contributed by atoms with Gasteiger partial charge in [-0.25, -0.2) is 0 Å². The van der Waals surface area contributed by atoms with Crippen LogP contribution in [0.1, 0.15) is 50.1 Å². The fourth-order valence-electron chi connectivity index (χ4n) is 11.6. The Labute approximate surface area is 471 Å². The van der Waals surface area contributed by atoms with Crippen LogP contribution in [0.2, 0.25) is 0 Å². The zero-order chi connectivity index (χ0) is 59.5. The minimum absolute atomic E-state index is 0.0302. The van der Waals surface area contributed by atoms with E-state index in [0.29, 0.717) is 101 Å². The molecular weight excluding hydrogens is 1100 g/mol. The Kier molecular flexibility index (Phi) is 12.9. The first kappa shape index (κ1) is 54.9. The van der Waals surface area contributed by atoms with Gasteiger partial charge in [-0.15, -0.1) is 0 Å². The summed E-state index contributed by atoms with van der Waals surface area (Å²) < 4.78 is 176. The van der Waals surface area contributed by atoms with Gasteiger partial charge in [0.2, 0.25) is 0 Å². The molecule has 0 atom stereocenters. The van der Waals surface area contributed by atoms with Crippen molar-refractivity contribution in [2.24, 2.45) is 0 Å². The second-order valence-corrected chi connectivity index (χ2v) is 21.2. The van der Waals surface area contributed by atoms with E-state index in [1.807, 2.05) is 48.7 Å². The van der Waals surface area contributed by atoms with E-state index in [-0.39, 0.29) is 22.8 Å². The number of hydrogen-bond donors (Lipinski definition) is 0. The second kappa shape index (κ2) is 19.8. The molecule has 0 aliphatic carbocycles. The molecule has 418 valence electrons. The van der Waals surface area contributed by atoms with Crippen molar-refractivity contribution in [1.29, 1.82) is 5.26 Å². The van der Waals surface area contributed by atoms with Gasteiger partial charge in [-0.1, -0.05) is 77.9 Å². The quantitative estimate of drug-likeness (QED) is 0.149. The van der Waals surface area contributed by atoms with Crippen molar-refractivity contribution < 1.29 is 52.7 Å². The highest BCUT2D eigenvalue weighted by atomic mass is 19.4. The van der Waals surface area contributed by atoms with Crippen molar-refractivity contribution in [1.82, 2.24) is 14.1 Å². The maximum absolute atomic E-state index is 14.3. The summed E-state index contributed by atoms with van der Waals surface area (Å²) in [5, 5.41) is 12.4. The fraction of sp³-hybridized carbons (Fsp3) is 0.118. The van der Waals surface area contributed by atoms with Gasteiger partial charge in [-0.05, 0) is 192 Å². The number of aromatic nitrogens is 3. The number of benzene rings is 9. The molecule has 9 aromatic carbocycles. The van der Waals surface area contributed by atoms with E-state index in [1.165, 1.54) is 19.1 Å². The largest absolute Gasteiger partial charge is 0.416 e. The van der Waals surface area contributed by atoms with Crippen LogP contribution in [0.3, 0.4) is 0 Å². The summed E-state index contributed by atoms with van der Waals surface area (Å²) in [6, 6.07) is 44.5. The van der Waals surface area contributed by atoms with Crippen molar-refractivity contribution in [2.45, 2.75) is 52.4 Å². The first-order valence-corrected chi connectivity index (χ1v) is 26.1. The Bertz CT molecular complexity index is 4680. The third-order valence-corrected chi connectivity index (χ3v) is 15.2. The third kappa shape index (κ3) is 9.96. The maximum Gasteiger partial charge on any atom is 0.416 e. The number of fused-ring (bicyclic) bond motifs is 6. The molecule has 16 heteroatoms. The highest BCUT2D eigenvalue weighted by Gasteiger charge is 2.38. The van der Waals surface area contributed by atoms with Crippen molar-refractivity contribution in [2.75, 3.05) is 0 Å². The van der Waals surface area contributed by atoms with E-state index < -0.39 is 52.5 Å². The minimum atomic E-state index is -5.16. The van der Waals surface area contributed by atoms with Gasteiger partial charge in [0.25, 0.3) is 0 Å². The molecule has 3 aromatic heterocycles. The van der Waals surface area contributed by atoms with Crippen LogP contribution in [0, 0.1) is 39.0 Å². The van der Waals surface area contributed by atoms with Crippen LogP contribution in [0.4, 0.5) is 52.7 Å². The zero-order valence-corrected chi connectivity index (χ0v) is 44.6. The van der Waals surface area contributed by atoms with E-state index in [1.54, 1.807) is 90.6 Å². The van der Waals surface area contributed by atoms with E-state index in [2.05, 4.69) is 24.3 Å². The van der Waals surface area contributed by atoms with Crippen LogP contribution in [0.5, 0.6) is 0 Å². The Morgan fingerprint density at radius 1 is 0.333 bits per heavy atom. The van der Waals surface area contributed by atoms with Crippen molar-refractivity contribution in [3.8, 4) is 73.1 Å². The van der Waals surface area contributed by atoms with Crippen molar-refractivity contribution in [3.05, 3.63) is 232 Å². The lowest BCUT2D eigenvalue weighted by Gasteiger charge is -2.20. The molecule has 12 aromatic rings. The lowest BCUT2D eigenvalue weighted by Crippen LogP contribution is -2.11. The summed E-state index contributed by atoms with van der Waals surface area (Å²) in [6.07, 6.45) is -16.5. The van der Waals surface area contributed by atoms with Crippen LogP contribution < -0.4 is 0 Å². The summed E-state index contributed by atoms with van der Waals surface area (Å²) in [7, 11) is 0. The highest BCUT2D eigenvalue weighted by Crippen LogP contribution is 2.47. The predicted octanol–water partition coefficient (Wildman–Crippen LogP) is 20.8. The van der Waals surface area contributed by atoms with Gasteiger partial charge in [-0.2, -0.15) is 57.9 Å². The second-order valence-electron chi connectivity index (χ2n) is 21.2. The fourth-order valence-corrected chi connectivity index (χ4v) is 11.6. The molecule has 0 aliphatic rings. The SMILES string of the molecule is Cc1cc(C)cc(-c2ccc3c(c2)c2cc(-c4cc(C)cc(C(F)(F)F)c4)ccc2n3-c2cncc(-n3c4ccc(-c5cc(C)cc(C(F)(F)F)c5)cc4c4cc(-c5cc(C(F)(F)F)cc(C(F)(F)F)c5)ccc43)c2-c2cccc(C#N)c2)c1. The predicted molar refractivity (Wildman–Crippen MR) is 304 cm³/mol. The average molecular weight is 1140 g/mol. The molecule has 0 aliphatic heterocycles. The zero-order valence-electron chi connectivity index (χ0n) is 44.6. The molecule has 0 N–H and O–H groups in total. The number of aryl methyl sites for hydroxylation is 4. The molecule has 84 heavy (non-hydrogen) atoms. The van der Waals surface area contributed by atoms with Crippen LogP contribution >= 0.6 is 0 Å². The Morgan fingerprint density at radius 2 is 0.655 bits per heavy atom. The Hall–Kier alpha value is -9.62. The van der Waals surface area contributed by atoms with Crippen LogP contribution in [0.15, 0.2) is 182 Å². The van der Waals surface area contributed by atoms with Gasteiger partial charge in [0.1, 0.15) is 0 Å². The van der Waals surface area contributed by atoms with Gasteiger partial charge < -0.3 is 9.13 Å². The monoisotopic (exact) mass is 1140 g/mol. The summed E-state index contributed by atoms with van der Waals surface area (Å²) >= 11 is 0. The summed E-state index contributed by atoms with van der Waals surface area (Å²) in [5.41, 5.74) is 4.79. The van der Waals surface area contributed by atoms with Crippen LogP contribution in [-0.4, -0.2) is 14.1 Å². The molecule has 4 nitrogen and oxygen atoms in total. The Morgan fingerprint density at radius 3 is 1.00 bits per heavy atom. The van der Waals surface area contributed by atoms with Crippen molar-refractivity contribution >= 4 is 43.6 Å². The van der Waals surface area contributed by atoms with Crippen LogP contribution in [0.25, 0.3) is 111 Å². The van der Waals surface area contributed by atoms with Crippen LogP contribution in [-0.2, 0) is 24.7 Å². The van der Waals surface area contributed by atoms with E-state index in [0.717, 1.165) is 51.9 Å². The lowest BCUT2D eigenvalue weighted by atomic mass is 9.96. The normalized spacial score (nSPS) is 12.5. The molecular formula is C68H42F12N4. The molecule has 0 spiro atoms. The van der Waals surface area contributed by atoms with Gasteiger partial charge in [0, 0.05) is 27.1 Å². The smallest absolute Gasteiger partial charge is 0.307 e. The molecule has 12 rings (SSSR count). The van der Waals surface area contributed by atoms with Gasteiger partial charge in [-0.3, -0.25) is 4.98 Å². The van der Waals surface area contributed by atoms with E-state index in [9.17, 15) is 57.9 Å². The molecule has 0 amide bonds. The molecule has 0 saturated carbocycles. The summed E-state index contributed by atoms with van der Waals surface area (Å²) in [4.78, 5) is 4.85. The number of nitrogens with zero attached hydrogens (tertiary/aromatic N) is 4. The number of pyridine rings is 1. The number of nitriles is 1. The summed E-state index contributed by atoms with van der Waals surface area (Å²) in [5.74, 6) is 0. The maximum atomic E-state index is 14.3. The van der Waals surface area contributed by atoms with Crippen molar-refractivity contribution in [3.63, 3.8) is 0 Å². The molecule has 0 unspecified atom stereocenters. The molecule has 0 fully saturated rings. The lowest BCUT2D eigenvalue weighted by molar-refractivity contribution is -0.143. The van der Waals surface area contributed by atoms with Gasteiger partial charge >= 0.3 is 24.7 Å². The number of rotatable bonds is 7. The first-order valence-electron chi connectivity index (χ1n) is 26.1. The molecule has 3 heterocycles. The number of halogens is 12. The van der Waals surface area contributed by atoms with E-state index >= 15 is 0 Å². The number of alkyl halides is 12. The number of hydrogen-bond acceptors (Lipinski definition) is 2. The molecule has 0 radical (unpaired) electrons. The van der Waals surface area contributed by atoms with E-state index in [4.69, 9.17) is 4.98 Å². The molecule has 0 saturated heterocycles. The molecule has 0 bridgehead atoms. The standard InChI is InChI=1S/C68H42F12N4/c1-36-16-37(2)18-46(17-36)41-8-12-58-54(28-41)55-29-42(47-19-38(3)21-50(24-47)65(69,70)71)9-13-59(55)83(58)62-34-82-35-63(64(62)45-7-5-6-40(23-45)33-81)84-60-14-10-43(48-20-39(4)22-51(25-48)66(72,73)74)30-56(60)57-31-44(11-15-61(57)84)49-26-52(67(75,76)77)32-53(27-49)68(78,79)80/h5-32,34-35H,1-4H3. The first-order chi connectivity index (χ1) is 39.7. The minimum Gasteiger partial charge on any atom is -0.307 e. The highest BCUT2D eigenvalue weighted by molar-refractivity contribution is 6.14. The summed E-state index contributed by atoms with van der Waals surface area (Å²) in [6.45, 7) is 7.09.